The van der Waals surface area contributed by atoms with Gasteiger partial charge in [-0.05, 0) is 49.7 Å². The summed E-state index contributed by atoms with van der Waals surface area (Å²) < 4.78 is 21.8. The number of nitrogens with zero attached hydrogens (tertiary/aromatic N) is 4. The number of amides is 1. The summed E-state index contributed by atoms with van der Waals surface area (Å²) in [5.74, 6) is -0.336. The third-order valence-electron chi connectivity index (χ3n) is 7.70. The van der Waals surface area contributed by atoms with E-state index in [-0.39, 0.29) is 18.1 Å². The van der Waals surface area contributed by atoms with Crippen LogP contribution in [-0.4, -0.2) is 51.9 Å². The number of rotatable bonds is 5. The Morgan fingerprint density at radius 1 is 1.02 bits per heavy atom. The van der Waals surface area contributed by atoms with Crippen molar-refractivity contribution in [2.24, 2.45) is 0 Å². The lowest BCUT2D eigenvalue weighted by Crippen LogP contribution is -2.46. The van der Waals surface area contributed by atoms with Crippen molar-refractivity contribution in [1.29, 1.82) is 0 Å². The number of piperidine rings is 1. The zero-order chi connectivity index (χ0) is 28.3. The third-order valence-corrected chi connectivity index (χ3v) is 7.70. The van der Waals surface area contributed by atoms with Gasteiger partial charge < -0.3 is 9.30 Å². The molecular weight excluding hydrogens is 511 g/mol. The summed E-state index contributed by atoms with van der Waals surface area (Å²) >= 11 is 0. The van der Waals surface area contributed by atoms with Crippen molar-refractivity contribution in [3.05, 3.63) is 84.4 Å². The topological polar surface area (TPSA) is 84.7 Å². The molecule has 1 spiro atoms. The number of carbonyl (C=O) groups excluding carboxylic acids is 3. The van der Waals surface area contributed by atoms with E-state index in [2.05, 4.69) is 46.6 Å². The molecule has 2 fully saturated rings. The number of aromatic nitrogens is 2. The van der Waals surface area contributed by atoms with Crippen molar-refractivity contribution in [2.45, 2.75) is 44.9 Å². The van der Waals surface area contributed by atoms with E-state index in [0.717, 1.165) is 60.3 Å². The van der Waals surface area contributed by atoms with Crippen molar-refractivity contribution in [2.75, 3.05) is 24.5 Å². The van der Waals surface area contributed by atoms with Gasteiger partial charge in [-0.3, -0.25) is 14.8 Å². The van der Waals surface area contributed by atoms with Gasteiger partial charge in [0, 0.05) is 66.9 Å². The normalized spacial score (nSPS) is 16.6. The molecule has 0 saturated carbocycles. The molecule has 9 heteroatoms. The molecule has 2 aromatic heterocycles. The average molecular weight is 543 g/mol. The number of ether oxygens (including phenoxy) is 1. The summed E-state index contributed by atoms with van der Waals surface area (Å²) in [6, 6.07) is 19.5. The van der Waals surface area contributed by atoms with Crippen LogP contribution in [-0.2, 0) is 20.9 Å². The number of para-hydroxylation sites is 1. The maximum atomic E-state index is 13.6. The van der Waals surface area contributed by atoms with Gasteiger partial charge in [0.2, 0.25) is 0 Å². The van der Waals surface area contributed by atoms with E-state index in [0.29, 0.717) is 12.6 Å². The Bertz CT molecular complexity index is 1520. The minimum Gasteiger partial charge on any atom is -0.441 e. The van der Waals surface area contributed by atoms with Crippen molar-refractivity contribution in [3.8, 4) is 11.3 Å². The number of hydrogen-bond acceptors (Lipinski definition) is 6. The lowest BCUT2D eigenvalue weighted by molar-refractivity contribution is -0.191. The molecule has 2 aliphatic rings. The van der Waals surface area contributed by atoms with Gasteiger partial charge in [0.1, 0.15) is 11.4 Å². The van der Waals surface area contributed by atoms with Crippen molar-refractivity contribution < 1.29 is 23.5 Å². The zero-order valence-electron chi connectivity index (χ0n) is 22.5. The van der Waals surface area contributed by atoms with Crippen LogP contribution in [0.25, 0.3) is 22.2 Å². The molecule has 0 N–H and O–H groups in total. The number of anilines is 1. The van der Waals surface area contributed by atoms with Crippen LogP contribution in [0.5, 0.6) is 0 Å². The van der Waals surface area contributed by atoms with Gasteiger partial charge in [-0.2, -0.15) is 9.59 Å². The predicted molar refractivity (Wildman–Crippen MR) is 148 cm³/mol. The van der Waals surface area contributed by atoms with Crippen molar-refractivity contribution in [1.82, 2.24) is 14.5 Å². The van der Waals surface area contributed by atoms with E-state index in [9.17, 15) is 9.18 Å². The van der Waals surface area contributed by atoms with Gasteiger partial charge in [0.15, 0.2) is 0 Å². The highest BCUT2D eigenvalue weighted by Gasteiger charge is 2.47. The fourth-order valence-electron chi connectivity index (χ4n) is 5.74. The average Bonchev–Trinajstić information content (AvgIpc) is 3.49. The first-order valence-corrected chi connectivity index (χ1v) is 13.4. The number of benzene rings is 2. The molecule has 1 amide bonds. The highest BCUT2D eigenvalue weighted by atomic mass is 19.1. The summed E-state index contributed by atoms with van der Waals surface area (Å²) in [5, 5.41) is 1.16. The van der Waals surface area contributed by atoms with Crippen LogP contribution >= 0.6 is 0 Å². The molecule has 206 valence electrons. The van der Waals surface area contributed by atoms with Gasteiger partial charge >= 0.3 is 12.2 Å². The first-order valence-electron chi connectivity index (χ1n) is 13.4. The number of halogens is 1. The second-order valence-corrected chi connectivity index (χ2v) is 10.5. The quantitative estimate of drug-likeness (QED) is 0.316. The monoisotopic (exact) mass is 542 g/mol. The molecule has 2 aliphatic heterocycles. The van der Waals surface area contributed by atoms with Crippen LogP contribution < -0.4 is 4.90 Å². The molecule has 0 aliphatic carbocycles. The van der Waals surface area contributed by atoms with Gasteiger partial charge in [0.25, 0.3) is 0 Å². The molecule has 2 aromatic carbocycles. The summed E-state index contributed by atoms with van der Waals surface area (Å²) in [5.41, 5.74) is 4.63. The van der Waals surface area contributed by atoms with E-state index >= 15 is 0 Å². The Hall–Kier alpha value is -4.33. The van der Waals surface area contributed by atoms with E-state index in [1.54, 1.807) is 11.0 Å². The van der Waals surface area contributed by atoms with Crippen LogP contribution in [0.2, 0.25) is 0 Å². The second-order valence-electron chi connectivity index (χ2n) is 10.5. The molecule has 0 unspecified atom stereocenters. The number of pyridine rings is 1. The molecular formula is C31H31FN4O4. The van der Waals surface area contributed by atoms with Gasteiger partial charge in [-0.15, -0.1) is 0 Å². The Balaban J connectivity index is 0.00000103. The van der Waals surface area contributed by atoms with E-state index in [4.69, 9.17) is 14.3 Å². The van der Waals surface area contributed by atoms with Crippen molar-refractivity contribution in [3.63, 3.8) is 0 Å². The number of likely N-dealkylation sites (tertiary alicyclic amines) is 1. The van der Waals surface area contributed by atoms with Crippen LogP contribution in [0, 0.1) is 5.82 Å². The molecule has 0 radical (unpaired) electrons. The van der Waals surface area contributed by atoms with E-state index in [1.807, 2.05) is 36.4 Å². The minimum absolute atomic E-state index is 0.250. The second kappa shape index (κ2) is 11.4. The first-order chi connectivity index (χ1) is 19.3. The Morgan fingerprint density at radius 2 is 1.75 bits per heavy atom. The standard InChI is InChI=1S/C30H31FN4O2.CO2/c1-21(2)34-19-22(28-25(9-6-10-27(28)34)26-12-11-23(31)17-32-26)18-33-15-13-30(14-16-33)20-35(29(36)37-30)24-7-4-3-5-8-24;2-1-3/h3-12,17,19,21H,13-16,18,20H2,1-2H3;. The third kappa shape index (κ3) is 5.39. The van der Waals surface area contributed by atoms with Gasteiger partial charge in [-0.1, -0.05) is 30.3 Å². The Morgan fingerprint density at radius 3 is 2.40 bits per heavy atom. The largest absolute Gasteiger partial charge is 0.441 e. The smallest absolute Gasteiger partial charge is 0.415 e. The fourth-order valence-corrected chi connectivity index (χ4v) is 5.74. The molecule has 2 saturated heterocycles. The number of fused-ring (bicyclic) bond motifs is 1. The van der Waals surface area contributed by atoms with Crippen molar-refractivity contribution >= 4 is 28.8 Å². The molecule has 0 atom stereocenters. The lowest BCUT2D eigenvalue weighted by atomic mass is 9.91. The molecule has 0 bridgehead atoms. The van der Waals surface area contributed by atoms with E-state index in [1.165, 1.54) is 17.8 Å². The van der Waals surface area contributed by atoms with Gasteiger partial charge in [0.05, 0.1) is 18.4 Å². The summed E-state index contributed by atoms with van der Waals surface area (Å²) in [7, 11) is 0. The molecule has 40 heavy (non-hydrogen) atoms. The number of hydrogen-bond donors (Lipinski definition) is 0. The fraction of sp³-hybridized carbons (Fsp3) is 0.323. The zero-order valence-corrected chi connectivity index (χ0v) is 22.5. The first kappa shape index (κ1) is 27.2. The van der Waals surface area contributed by atoms with Crippen LogP contribution in [0.4, 0.5) is 14.9 Å². The highest BCUT2D eigenvalue weighted by molar-refractivity contribution is 5.97. The maximum absolute atomic E-state index is 13.6. The Labute approximate surface area is 232 Å². The molecule has 4 heterocycles. The minimum atomic E-state index is -0.432. The van der Waals surface area contributed by atoms with Crippen LogP contribution in [0.1, 0.15) is 38.3 Å². The summed E-state index contributed by atoms with van der Waals surface area (Å²) in [4.78, 5) is 37.5. The SMILES string of the molecule is CC(C)n1cc(CN2CCC3(CC2)CN(c2ccccc2)C(=O)O3)c2c(-c3ccc(F)cn3)cccc21.O=C=O. The molecule has 8 nitrogen and oxygen atoms in total. The lowest BCUT2D eigenvalue weighted by Gasteiger charge is -2.37. The Kier molecular flexibility index (Phi) is 7.78. The molecule has 4 aromatic rings. The predicted octanol–water partition coefficient (Wildman–Crippen LogP) is 5.83. The van der Waals surface area contributed by atoms with Crippen LogP contribution in [0.3, 0.4) is 0 Å². The van der Waals surface area contributed by atoms with Crippen LogP contribution in [0.15, 0.2) is 73.1 Å². The summed E-state index contributed by atoms with van der Waals surface area (Å²) in [6.07, 6.45) is 5.13. The highest BCUT2D eigenvalue weighted by Crippen LogP contribution is 2.38. The molecule has 6 rings (SSSR count). The number of carbonyl (C=O) groups is 1. The van der Waals surface area contributed by atoms with E-state index < -0.39 is 5.60 Å². The summed E-state index contributed by atoms with van der Waals surface area (Å²) in [6.45, 7) is 7.45. The van der Waals surface area contributed by atoms with Gasteiger partial charge in [-0.25, -0.2) is 9.18 Å². The maximum Gasteiger partial charge on any atom is 0.415 e.